The second-order valence-corrected chi connectivity index (χ2v) is 7.52. The van der Waals surface area contributed by atoms with Gasteiger partial charge in [-0.05, 0) is 36.2 Å². The fraction of sp³-hybridized carbons (Fsp3) is 0.350. The number of hydrogen-bond acceptors (Lipinski definition) is 6. The average molecular weight is 404 g/mol. The zero-order chi connectivity index (χ0) is 19.9. The van der Waals surface area contributed by atoms with E-state index in [4.69, 9.17) is 26.8 Å². The van der Waals surface area contributed by atoms with Crippen molar-refractivity contribution in [2.24, 2.45) is 16.6 Å². The molecule has 1 aliphatic heterocycles. The van der Waals surface area contributed by atoms with E-state index in [1.165, 1.54) is 19.4 Å². The van der Waals surface area contributed by atoms with Gasteiger partial charge >= 0.3 is 0 Å². The van der Waals surface area contributed by atoms with Crippen LogP contribution in [-0.2, 0) is 21.4 Å². The maximum Gasteiger partial charge on any atom is 0.283 e. The minimum Gasteiger partial charge on any atom is -0.462 e. The van der Waals surface area contributed by atoms with Gasteiger partial charge in [-0.1, -0.05) is 17.7 Å². The molecule has 0 radical (unpaired) electrons. The minimum absolute atomic E-state index is 0.0156. The van der Waals surface area contributed by atoms with Crippen molar-refractivity contribution in [1.29, 1.82) is 0 Å². The first-order valence-electron chi connectivity index (χ1n) is 8.87. The van der Waals surface area contributed by atoms with Gasteiger partial charge in [-0.2, -0.15) is 0 Å². The first kappa shape index (κ1) is 18.8. The highest BCUT2D eigenvalue weighted by Gasteiger charge is 2.59. The molecule has 0 saturated heterocycles. The van der Waals surface area contributed by atoms with Crippen LogP contribution in [0.2, 0.25) is 5.02 Å². The summed E-state index contributed by atoms with van der Waals surface area (Å²) in [5.74, 6) is -0.616. The Kier molecular flexibility index (Phi) is 4.81. The van der Waals surface area contributed by atoms with Crippen LogP contribution in [0.15, 0.2) is 41.5 Å². The van der Waals surface area contributed by atoms with E-state index in [-0.39, 0.29) is 36.9 Å². The molecule has 2 N–H and O–H groups in total. The highest BCUT2D eigenvalue weighted by atomic mass is 35.5. The molecule has 0 spiro atoms. The number of methoxy groups -OCH3 is 1. The molecule has 3 atom stereocenters. The smallest absolute Gasteiger partial charge is 0.283 e. The Hall–Kier alpha value is -2.51. The van der Waals surface area contributed by atoms with Gasteiger partial charge in [0.1, 0.15) is 23.2 Å². The second kappa shape index (κ2) is 7.14. The molecule has 4 rings (SSSR count). The summed E-state index contributed by atoms with van der Waals surface area (Å²) in [4.78, 5) is 21.0. The Morgan fingerprint density at radius 2 is 2.25 bits per heavy atom. The van der Waals surface area contributed by atoms with Gasteiger partial charge in [-0.25, -0.2) is 9.38 Å². The summed E-state index contributed by atoms with van der Waals surface area (Å²) >= 11 is 5.82. The van der Waals surface area contributed by atoms with E-state index in [9.17, 15) is 9.18 Å². The van der Waals surface area contributed by atoms with Gasteiger partial charge < -0.3 is 15.2 Å². The predicted octanol–water partition coefficient (Wildman–Crippen LogP) is 2.87. The third-order valence-electron chi connectivity index (χ3n) is 5.17. The summed E-state index contributed by atoms with van der Waals surface area (Å²) in [5, 5.41) is 0.455. The third-order valence-corrected chi connectivity index (χ3v) is 5.39. The van der Waals surface area contributed by atoms with Crippen molar-refractivity contribution in [1.82, 2.24) is 4.98 Å². The summed E-state index contributed by atoms with van der Waals surface area (Å²) in [7, 11) is 1.54. The number of aliphatic imine (C=N–C) groups is 1. The number of carbonyl (C=O) groups is 1. The first-order chi connectivity index (χ1) is 13.4. The fourth-order valence-electron chi connectivity index (χ4n) is 3.79. The number of pyridine rings is 1. The number of amidine groups is 1. The third kappa shape index (κ3) is 3.36. The summed E-state index contributed by atoms with van der Waals surface area (Å²) in [6.45, 7) is 0.172. The molecule has 2 aliphatic rings. The fourth-order valence-corrected chi connectivity index (χ4v) is 3.91. The Morgan fingerprint density at radius 3 is 2.96 bits per heavy atom. The first-order valence-corrected chi connectivity index (χ1v) is 9.25. The highest BCUT2D eigenvalue weighted by molar-refractivity contribution is 6.30. The van der Waals surface area contributed by atoms with Crippen molar-refractivity contribution in [3.05, 3.63) is 64.2 Å². The summed E-state index contributed by atoms with van der Waals surface area (Å²) in [6, 6.07) is 7.81. The molecule has 8 heteroatoms. The van der Waals surface area contributed by atoms with Crippen LogP contribution in [0.25, 0.3) is 0 Å². The van der Waals surface area contributed by atoms with E-state index < -0.39 is 11.4 Å². The van der Waals surface area contributed by atoms with E-state index in [1.54, 1.807) is 24.3 Å². The minimum atomic E-state index is -0.955. The van der Waals surface area contributed by atoms with Crippen LogP contribution in [0, 0.1) is 11.7 Å². The SMILES string of the molecule is COC[C@@]1(c2cc(CC(=O)c3ccc(Cl)cn3)ccc2F)N=C(N)O[C@H]2C[C@H]21. The number of ketones is 1. The Bertz CT molecular complexity index is 950. The molecule has 0 unspecified atom stereocenters. The lowest BCUT2D eigenvalue weighted by Gasteiger charge is -2.33. The molecular formula is C20H19ClFN3O3. The average Bonchev–Trinajstić information content (AvgIpc) is 3.44. The van der Waals surface area contributed by atoms with E-state index in [1.807, 2.05) is 0 Å². The maximum atomic E-state index is 14.8. The Labute approximate surface area is 166 Å². The van der Waals surface area contributed by atoms with Crippen LogP contribution in [-0.4, -0.2) is 36.6 Å². The Balaban J connectivity index is 1.68. The molecule has 1 fully saturated rings. The van der Waals surface area contributed by atoms with Crippen molar-refractivity contribution in [3.8, 4) is 0 Å². The monoisotopic (exact) mass is 403 g/mol. The quantitative estimate of drug-likeness (QED) is 0.749. The van der Waals surface area contributed by atoms with Crippen LogP contribution < -0.4 is 5.73 Å². The molecule has 28 heavy (non-hydrogen) atoms. The van der Waals surface area contributed by atoms with Crippen LogP contribution in [0.4, 0.5) is 4.39 Å². The van der Waals surface area contributed by atoms with Gasteiger partial charge in [0.25, 0.3) is 6.02 Å². The number of benzene rings is 1. The van der Waals surface area contributed by atoms with Crippen LogP contribution >= 0.6 is 11.6 Å². The van der Waals surface area contributed by atoms with Gasteiger partial charge in [0.05, 0.1) is 11.6 Å². The van der Waals surface area contributed by atoms with Gasteiger partial charge in [-0.3, -0.25) is 9.78 Å². The molecule has 0 amide bonds. The molecule has 1 aliphatic carbocycles. The molecule has 146 valence electrons. The van der Waals surface area contributed by atoms with Gasteiger partial charge in [0.2, 0.25) is 0 Å². The van der Waals surface area contributed by atoms with Gasteiger partial charge in [-0.15, -0.1) is 0 Å². The number of ether oxygens (including phenoxy) is 2. The molecule has 0 bridgehead atoms. The van der Waals surface area contributed by atoms with Gasteiger partial charge in [0.15, 0.2) is 5.78 Å². The predicted molar refractivity (Wildman–Crippen MR) is 102 cm³/mol. The second-order valence-electron chi connectivity index (χ2n) is 7.08. The van der Waals surface area contributed by atoms with Crippen molar-refractivity contribution in [2.45, 2.75) is 24.5 Å². The number of aromatic nitrogens is 1. The zero-order valence-corrected chi connectivity index (χ0v) is 15.9. The standard InChI is InChI=1S/C20H19ClFN3O3/c1-27-10-20(14-8-18(14)28-19(23)25-20)13-6-11(2-4-15(13)22)7-17(26)16-5-3-12(21)9-24-16/h2-6,9,14,18H,7-8,10H2,1H3,(H2,23,25)/t14-,18+,20+/m1/s1. The maximum absolute atomic E-state index is 14.8. The molecule has 1 aromatic heterocycles. The van der Waals surface area contributed by atoms with E-state index >= 15 is 0 Å². The summed E-state index contributed by atoms with van der Waals surface area (Å²) in [6.07, 6.45) is 2.14. The van der Waals surface area contributed by atoms with E-state index in [0.717, 1.165) is 6.42 Å². The van der Waals surface area contributed by atoms with E-state index in [2.05, 4.69) is 9.98 Å². The zero-order valence-electron chi connectivity index (χ0n) is 15.2. The lowest BCUT2D eigenvalue weighted by Crippen LogP contribution is -2.41. The number of rotatable bonds is 6. The van der Waals surface area contributed by atoms with Crippen LogP contribution in [0.5, 0.6) is 0 Å². The van der Waals surface area contributed by atoms with Crippen molar-refractivity contribution >= 4 is 23.4 Å². The highest BCUT2D eigenvalue weighted by Crippen LogP contribution is 2.53. The number of Topliss-reactive ketones (excluding diaryl/α,β-unsaturated/α-hetero) is 1. The molecule has 1 aromatic carbocycles. The summed E-state index contributed by atoms with van der Waals surface area (Å²) < 4.78 is 25.7. The molecule has 6 nitrogen and oxygen atoms in total. The largest absolute Gasteiger partial charge is 0.462 e. The number of hydrogen-bond donors (Lipinski definition) is 1. The van der Waals surface area contributed by atoms with Crippen molar-refractivity contribution < 1.29 is 18.7 Å². The number of nitrogens with two attached hydrogens (primary N) is 1. The number of carbonyl (C=O) groups excluding carboxylic acids is 1. The number of halogens is 2. The Morgan fingerprint density at radius 1 is 1.43 bits per heavy atom. The lowest BCUT2D eigenvalue weighted by molar-refractivity contribution is 0.0896. The van der Waals surface area contributed by atoms with E-state index in [0.29, 0.717) is 21.8 Å². The summed E-state index contributed by atoms with van der Waals surface area (Å²) in [5.41, 5.74) is 6.20. The molecule has 2 aromatic rings. The number of nitrogens with zero attached hydrogens (tertiary/aromatic N) is 2. The van der Waals surface area contributed by atoms with Crippen molar-refractivity contribution in [3.63, 3.8) is 0 Å². The lowest BCUT2D eigenvalue weighted by atomic mass is 9.84. The topological polar surface area (TPSA) is 86.8 Å². The molecule has 1 saturated carbocycles. The molecule has 2 heterocycles. The van der Waals surface area contributed by atoms with Crippen LogP contribution in [0.1, 0.15) is 28.0 Å². The number of fused-ring (bicyclic) bond motifs is 1. The normalized spacial score (nSPS) is 25.5. The van der Waals surface area contributed by atoms with Crippen LogP contribution in [0.3, 0.4) is 0 Å². The van der Waals surface area contributed by atoms with Crippen molar-refractivity contribution in [2.75, 3.05) is 13.7 Å². The molecular weight excluding hydrogens is 385 g/mol. The van der Waals surface area contributed by atoms with Gasteiger partial charge in [0, 0.05) is 31.2 Å².